The molecule has 1 atom stereocenters. The summed E-state index contributed by atoms with van der Waals surface area (Å²) < 4.78 is 0. The van der Waals surface area contributed by atoms with Gasteiger partial charge in [-0.2, -0.15) is 0 Å². The summed E-state index contributed by atoms with van der Waals surface area (Å²) in [6.45, 7) is 0.622. The SMILES string of the molecule is O=C1NC[C@@H](c2ccccc2Sc2ccc(Cl)cc2)N1. The van der Waals surface area contributed by atoms with Gasteiger partial charge in [0.1, 0.15) is 0 Å². The van der Waals surface area contributed by atoms with Crippen LogP contribution in [-0.2, 0) is 0 Å². The number of hydrogen-bond acceptors (Lipinski definition) is 2. The molecule has 2 aromatic carbocycles. The Labute approximate surface area is 126 Å². The maximum atomic E-state index is 11.3. The van der Waals surface area contributed by atoms with Gasteiger partial charge < -0.3 is 10.6 Å². The van der Waals surface area contributed by atoms with Gasteiger partial charge in [0.05, 0.1) is 6.04 Å². The molecule has 20 heavy (non-hydrogen) atoms. The average molecular weight is 305 g/mol. The van der Waals surface area contributed by atoms with E-state index in [2.05, 4.69) is 22.8 Å². The van der Waals surface area contributed by atoms with Crippen molar-refractivity contribution in [2.75, 3.05) is 6.54 Å². The minimum Gasteiger partial charge on any atom is -0.336 e. The Morgan fingerprint density at radius 1 is 1.10 bits per heavy atom. The molecule has 1 fully saturated rings. The lowest BCUT2D eigenvalue weighted by atomic mass is 10.1. The lowest BCUT2D eigenvalue weighted by Gasteiger charge is -2.14. The first-order valence-corrected chi connectivity index (χ1v) is 7.48. The van der Waals surface area contributed by atoms with Crippen molar-refractivity contribution in [3.63, 3.8) is 0 Å². The van der Waals surface area contributed by atoms with E-state index in [0.717, 1.165) is 20.4 Å². The second-order valence-corrected chi connectivity index (χ2v) is 6.05. The summed E-state index contributed by atoms with van der Waals surface area (Å²) in [5.74, 6) is 0. The predicted molar refractivity (Wildman–Crippen MR) is 81.3 cm³/mol. The Kier molecular flexibility index (Phi) is 3.85. The number of rotatable bonds is 3. The highest BCUT2D eigenvalue weighted by molar-refractivity contribution is 7.99. The summed E-state index contributed by atoms with van der Waals surface area (Å²) in [4.78, 5) is 13.6. The zero-order valence-electron chi connectivity index (χ0n) is 10.6. The largest absolute Gasteiger partial charge is 0.336 e. The summed E-state index contributed by atoms with van der Waals surface area (Å²) in [6.07, 6.45) is 0. The second kappa shape index (κ2) is 5.77. The Bertz CT molecular complexity index is 630. The molecule has 1 aliphatic heterocycles. The van der Waals surface area contributed by atoms with Crippen molar-refractivity contribution in [1.29, 1.82) is 0 Å². The van der Waals surface area contributed by atoms with Crippen molar-refractivity contribution in [2.45, 2.75) is 15.8 Å². The minimum absolute atomic E-state index is 0.0264. The standard InChI is InChI=1S/C15H13ClN2OS/c16-10-5-7-11(8-6-10)20-14-4-2-1-3-12(14)13-9-17-15(19)18-13/h1-8,13H,9H2,(H2,17,18,19)/t13-/m0/s1. The van der Waals surface area contributed by atoms with E-state index in [-0.39, 0.29) is 12.1 Å². The van der Waals surface area contributed by atoms with Gasteiger partial charge >= 0.3 is 6.03 Å². The van der Waals surface area contributed by atoms with Crippen LogP contribution < -0.4 is 10.6 Å². The molecule has 3 nitrogen and oxygen atoms in total. The van der Waals surface area contributed by atoms with Crippen molar-refractivity contribution < 1.29 is 4.79 Å². The van der Waals surface area contributed by atoms with Crippen molar-refractivity contribution in [1.82, 2.24) is 10.6 Å². The number of amides is 2. The summed E-state index contributed by atoms with van der Waals surface area (Å²) in [5.41, 5.74) is 1.13. The fraction of sp³-hybridized carbons (Fsp3) is 0.133. The number of carbonyl (C=O) groups excluding carboxylic acids is 1. The molecule has 1 aliphatic rings. The summed E-state index contributed by atoms with van der Waals surface area (Å²) in [6, 6.07) is 15.8. The first kappa shape index (κ1) is 13.3. The van der Waals surface area contributed by atoms with Crippen LogP contribution in [0.1, 0.15) is 11.6 Å². The zero-order chi connectivity index (χ0) is 13.9. The Morgan fingerprint density at radius 3 is 2.55 bits per heavy atom. The molecule has 0 radical (unpaired) electrons. The van der Waals surface area contributed by atoms with Crippen LogP contribution in [0.25, 0.3) is 0 Å². The molecule has 5 heteroatoms. The smallest absolute Gasteiger partial charge is 0.315 e. The molecule has 0 bridgehead atoms. The lowest BCUT2D eigenvalue weighted by molar-refractivity contribution is 0.247. The molecule has 1 saturated heterocycles. The van der Waals surface area contributed by atoms with E-state index in [4.69, 9.17) is 11.6 Å². The van der Waals surface area contributed by atoms with Gasteiger partial charge in [-0.15, -0.1) is 0 Å². The van der Waals surface area contributed by atoms with Gasteiger partial charge in [0.2, 0.25) is 0 Å². The average Bonchev–Trinajstić information content (AvgIpc) is 2.88. The van der Waals surface area contributed by atoms with Crippen LogP contribution in [0.15, 0.2) is 58.3 Å². The molecular weight excluding hydrogens is 292 g/mol. The van der Waals surface area contributed by atoms with Crippen LogP contribution in [0.5, 0.6) is 0 Å². The van der Waals surface area contributed by atoms with E-state index in [0.29, 0.717) is 6.54 Å². The number of carbonyl (C=O) groups is 1. The summed E-state index contributed by atoms with van der Waals surface area (Å²) >= 11 is 7.57. The number of nitrogens with one attached hydrogen (secondary N) is 2. The monoisotopic (exact) mass is 304 g/mol. The molecule has 3 rings (SSSR count). The normalized spacial score (nSPS) is 17.6. The van der Waals surface area contributed by atoms with E-state index < -0.39 is 0 Å². The molecule has 102 valence electrons. The fourth-order valence-electron chi connectivity index (χ4n) is 2.13. The van der Waals surface area contributed by atoms with Gasteiger partial charge in [-0.3, -0.25) is 0 Å². The van der Waals surface area contributed by atoms with E-state index in [1.807, 2.05) is 36.4 Å². The quantitative estimate of drug-likeness (QED) is 0.904. The van der Waals surface area contributed by atoms with Crippen LogP contribution in [0.2, 0.25) is 5.02 Å². The lowest BCUT2D eigenvalue weighted by Crippen LogP contribution is -2.21. The maximum Gasteiger partial charge on any atom is 0.315 e. The van der Waals surface area contributed by atoms with Crippen molar-refractivity contribution in [3.8, 4) is 0 Å². The topological polar surface area (TPSA) is 41.1 Å². The van der Waals surface area contributed by atoms with Crippen molar-refractivity contribution in [3.05, 3.63) is 59.1 Å². The van der Waals surface area contributed by atoms with Crippen LogP contribution in [0.4, 0.5) is 4.79 Å². The molecule has 2 N–H and O–H groups in total. The highest BCUT2D eigenvalue weighted by atomic mass is 35.5. The van der Waals surface area contributed by atoms with Crippen molar-refractivity contribution in [2.24, 2.45) is 0 Å². The predicted octanol–water partition coefficient (Wildman–Crippen LogP) is 3.85. The molecule has 0 unspecified atom stereocenters. The van der Waals surface area contributed by atoms with Gasteiger partial charge in [-0.1, -0.05) is 41.6 Å². The maximum absolute atomic E-state index is 11.3. The zero-order valence-corrected chi connectivity index (χ0v) is 12.2. The number of halogens is 1. The highest BCUT2D eigenvalue weighted by Gasteiger charge is 2.23. The van der Waals surface area contributed by atoms with Crippen LogP contribution in [0.3, 0.4) is 0 Å². The Morgan fingerprint density at radius 2 is 1.85 bits per heavy atom. The molecule has 0 saturated carbocycles. The van der Waals surface area contributed by atoms with Gasteiger partial charge in [0.25, 0.3) is 0 Å². The van der Waals surface area contributed by atoms with Gasteiger partial charge in [0.15, 0.2) is 0 Å². The summed E-state index contributed by atoms with van der Waals surface area (Å²) in [5, 5.41) is 6.44. The van der Waals surface area contributed by atoms with Crippen LogP contribution in [-0.4, -0.2) is 12.6 Å². The van der Waals surface area contributed by atoms with E-state index >= 15 is 0 Å². The minimum atomic E-state index is -0.110. The summed E-state index contributed by atoms with van der Waals surface area (Å²) in [7, 11) is 0. The van der Waals surface area contributed by atoms with Crippen LogP contribution >= 0.6 is 23.4 Å². The van der Waals surface area contributed by atoms with Gasteiger partial charge in [-0.25, -0.2) is 4.79 Å². The fourth-order valence-corrected chi connectivity index (χ4v) is 3.26. The number of hydrogen-bond donors (Lipinski definition) is 2. The molecule has 2 aromatic rings. The van der Waals surface area contributed by atoms with Crippen molar-refractivity contribution >= 4 is 29.4 Å². The molecule has 2 amide bonds. The Hall–Kier alpha value is -1.65. The molecule has 0 aromatic heterocycles. The van der Waals surface area contributed by atoms with Gasteiger partial charge in [0, 0.05) is 21.4 Å². The molecule has 0 aliphatic carbocycles. The molecule has 1 heterocycles. The third-order valence-corrected chi connectivity index (χ3v) is 4.46. The number of urea groups is 1. The Balaban J connectivity index is 1.86. The van der Waals surface area contributed by atoms with Crippen LogP contribution in [0, 0.1) is 0 Å². The van der Waals surface area contributed by atoms with Gasteiger partial charge in [-0.05, 0) is 35.9 Å². The van der Waals surface area contributed by atoms with E-state index in [9.17, 15) is 4.79 Å². The third-order valence-electron chi connectivity index (χ3n) is 3.11. The first-order valence-electron chi connectivity index (χ1n) is 6.29. The van der Waals surface area contributed by atoms with E-state index in [1.165, 1.54) is 0 Å². The second-order valence-electron chi connectivity index (χ2n) is 4.50. The third kappa shape index (κ3) is 2.92. The molecular formula is C15H13ClN2OS. The highest BCUT2D eigenvalue weighted by Crippen LogP contribution is 2.34. The first-order chi connectivity index (χ1) is 9.72. The molecule has 0 spiro atoms. The number of benzene rings is 2. The van der Waals surface area contributed by atoms with E-state index in [1.54, 1.807) is 11.8 Å².